The Hall–Kier alpha value is -3.70. The molecule has 5 nitrogen and oxygen atoms in total. The predicted octanol–water partition coefficient (Wildman–Crippen LogP) is 4.68. The van der Waals surface area contributed by atoms with Gasteiger partial charge >= 0.3 is 0 Å². The minimum absolute atomic E-state index is 0.140. The van der Waals surface area contributed by atoms with Gasteiger partial charge in [0.1, 0.15) is 0 Å². The van der Waals surface area contributed by atoms with Gasteiger partial charge in [-0.05, 0) is 42.4 Å². The number of rotatable bonds is 10. The minimum atomic E-state index is -0.140. The Morgan fingerprint density at radius 1 is 0.941 bits per heavy atom. The Labute approximate surface area is 201 Å². The lowest BCUT2D eigenvalue weighted by atomic mass is 10.0. The average Bonchev–Trinajstić information content (AvgIpc) is 2.83. The van der Waals surface area contributed by atoms with Crippen molar-refractivity contribution < 1.29 is 0 Å². The van der Waals surface area contributed by atoms with Crippen LogP contribution in [-0.2, 0) is 12.8 Å². The third-order valence-corrected chi connectivity index (χ3v) is 6.11. The van der Waals surface area contributed by atoms with E-state index < -0.39 is 0 Å². The lowest BCUT2D eigenvalue weighted by Crippen LogP contribution is -2.43. The molecule has 4 aromatic rings. The second-order valence-corrected chi connectivity index (χ2v) is 8.92. The van der Waals surface area contributed by atoms with E-state index in [-0.39, 0.29) is 11.6 Å². The Morgan fingerprint density at radius 2 is 1.68 bits per heavy atom. The SMILES string of the molecule is C=CCN(C[C@@H](Cc1ccccc1)N(C)C)c1nc(Cc2ccc3ccccc3c2)cc(=O)[nH]1. The van der Waals surface area contributed by atoms with Gasteiger partial charge < -0.3 is 9.80 Å². The van der Waals surface area contributed by atoms with Gasteiger partial charge in [-0.25, -0.2) is 4.98 Å². The molecular formula is C29H32N4O. The van der Waals surface area contributed by atoms with E-state index in [2.05, 4.69) is 90.1 Å². The standard InChI is InChI=1S/C29H32N4O/c1-4-16-33(21-27(32(2)3)19-22-10-6-5-7-11-22)29-30-26(20-28(34)31-29)18-23-14-15-24-12-8-9-13-25(24)17-23/h4-15,17,20,27H,1,16,18-19,21H2,2-3H3,(H,30,31,34)/t27-/m1/s1. The van der Waals surface area contributed by atoms with Crippen molar-refractivity contribution in [2.75, 3.05) is 32.1 Å². The van der Waals surface area contributed by atoms with Crippen LogP contribution in [-0.4, -0.2) is 48.1 Å². The molecule has 174 valence electrons. The number of aromatic nitrogens is 2. The van der Waals surface area contributed by atoms with Crippen LogP contribution in [0.15, 0.2) is 96.3 Å². The van der Waals surface area contributed by atoms with Gasteiger partial charge in [-0.15, -0.1) is 6.58 Å². The maximum absolute atomic E-state index is 12.6. The van der Waals surface area contributed by atoms with Crippen LogP contribution < -0.4 is 10.5 Å². The largest absolute Gasteiger partial charge is 0.337 e. The van der Waals surface area contributed by atoms with Gasteiger partial charge in [-0.2, -0.15) is 0 Å². The first-order chi connectivity index (χ1) is 16.5. The first kappa shape index (κ1) is 23.5. The van der Waals surface area contributed by atoms with E-state index in [1.54, 1.807) is 6.07 Å². The molecule has 0 saturated heterocycles. The summed E-state index contributed by atoms with van der Waals surface area (Å²) in [6.07, 6.45) is 3.36. The van der Waals surface area contributed by atoms with Crippen LogP contribution in [0.4, 0.5) is 5.95 Å². The summed E-state index contributed by atoms with van der Waals surface area (Å²) in [7, 11) is 4.18. The van der Waals surface area contributed by atoms with Crippen molar-refractivity contribution in [3.63, 3.8) is 0 Å². The fraction of sp³-hybridized carbons (Fsp3) is 0.241. The highest BCUT2D eigenvalue weighted by Crippen LogP contribution is 2.18. The van der Waals surface area contributed by atoms with E-state index in [4.69, 9.17) is 4.98 Å². The van der Waals surface area contributed by atoms with Crippen LogP contribution in [0.5, 0.6) is 0 Å². The van der Waals surface area contributed by atoms with Crippen molar-refractivity contribution in [2.45, 2.75) is 18.9 Å². The molecule has 3 aromatic carbocycles. The minimum Gasteiger partial charge on any atom is -0.337 e. The zero-order chi connectivity index (χ0) is 23.9. The summed E-state index contributed by atoms with van der Waals surface area (Å²) in [5, 5.41) is 2.39. The second kappa shape index (κ2) is 10.9. The van der Waals surface area contributed by atoms with E-state index in [0.717, 1.165) is 24.2 Å². The van der Waals surface area contributed by atoms with Gasteiger partial charge in [0.15, 0.2) is 0 Å². The van der Waals surface area contributed by atoms with Crippen LogP contribution >= 0.6 is 0 Å². The lowest BCUT2D eigenvalue weighted by molar-refractivity contribution is 0.293. The highest BCUT2D eigenvalue weighted by atomic mass is 16.1. The van der Waals surface area contributed by atoms with Crippen molar-refractivity contribution in [2.24, 2.45) is 0 Å². The van der Waals surface area contributed by atoms with E-state index in [9.17, 15) is 4.79 Å². The van der Waals surface area contributed by atoms with Gasteiger partial charge in [0.25, 0.3) is 5.56 Å². The molecule has 0 unspecified atom stereocenters. The Bertz CT molecular complexity index is 1300. The van der Waals surface area contributed by atoms with Crippen molar-refractivity contribution >= 4 is 16.7 Å². The quantitative estimate of drug-likeness (QED) is 0.355. The maximum atomic E-state index is 12.6. The highest BCUT2D eigenvalue weighted by Gasteiger charge is 2.19. The van der Waals surface area contributed by atoms with Crippen molar-refractivity contribution in [1.82, 2.24) is 14.9 Å². The van der Waals surface area contributed by atoms with Crippen LogP contribution in [0.1, 0.15) is 16.8 Å². The predicted molar refractivity (Wildman–Crippen MR) is 142 cm³/mol. The molecule has 4 rings (SSSR count). The molecule has 1 N–H and O–H groups in total. The number of nitrogens with zero attached hydrogens (tertiary/aromatic N) is 3. The van der Waals surface area contributed by atoms with Gasteiger partial charge in [0.2, 0.25) is 5.95 Å². The molecule has 0 radical (unpaired) electrons. The number of aromatic amines is 1. The number of hydrogen-bond acceptors (Lipinski definition) is 4. The molecular weight excluding hydrogens is 420 g/mol. The molecule has 34 heavy (non-hydrogen) atoms. The van der Waals surface area contributed by atoms with Crippen molar-refractivity contribution in [1.29, 1.82) is 0 Å². The molecule has 0 aliphatic heterocycles. The fourth-order valence-electron chi connectivity index (χ4n) is 4.25. The summed E-state index contributed by atoms with van der Waals surface area (Å²) in [5.41, 5.74) is 3.03. The smallest absolute Gasteiger partial charge is 0.252 e. The third-order valence-electron chi connectivity index (χ3n) is 6.11. The summed E-state index contributed by atoms with van der Waals surface area (Å²) < 4.78 is 0. The molecule has 0 aliphatic rings. The van der Waals surface area contributed by atoms with E-state index in [1.807, 2.05) is 24.3 Å². The number of likely N-dealkylation sites (N-methyl/N-ethyl adjacent to an activating group) is 1. The van der Waals surface area contributed by atoms with Crippen molar-refractivity contribution in [3.8, 4) is 0 Å². The molecule has 0 amide bonds. The Balaban J connectivity index is 1.58. The molecule has 0 saturated carbocycles. The lowest BCUT2D eigenvalue weighted by Gasteiger charge is -2.31. The second-order valence-electron chi connectivity index (χ2n) is 8.92. The summed E-state index contributed by atoms with van der Waals surface area (Å²) in [6.45, 7) is 5.25. The zero-order valence-electron chi connectivity index (χ0n) is 19.9. The number of anilines is 1. The summed E-state index contributed by atoms with van der Waals surface area (Å²) in [4.78, 5) is 24.7. The van der Waals surface area contributed by atoms with Crippen LogP contribution in [0.3, 0.4) is 0 Å². The first-order valence-electron chi connectivity index (χ1n) is 11.7. The van der Waals surface area contributed by atoms with Gasteiger partial charge in [-0.1, -0.05) is 78.9 Å². The van der Waals surface area contributed by atoms with E-state index >= 15 is 0 Å². The molecule has 5 heteroatoms. The van der Waals surface area contributed by atoms with Crippen LogP contribution in [0.2, 0.25) is 0 Å². The average molecular weight is 453 g/mol. The number of H-pyrrole nitrogens is 1. The normalized spacial score (nSPS) is 12.1. The summed E-state index contributed by atoms with van der Waals surface area (Å²) in [6, 6.07) is 27.0. The molecule has 0 bridgehead atoms. The zero-order valence-corrected chi connectivity index (χ0v) is 19.9. The summed E-state index contributed by atoms with van der Waals surface area (Å²) in [5.74, 6) is 0.586. The number of fused-ring (bicyclic) bond motifs is 1. The Morgan fingerprint density at radius 3 is 2.41 bits per heavy atom. The van der Waals surface area contributed by atoms with Crippen molar-refractivity contribution in [3.05, 3.63) is 119 Å². The van der Waals surface area contributed by atoms with Crippen LogP contribution in [0.25, 0.3) is 10.8 Å². The van der Waals surface area contributed by atoms with Gasteiger partial charge in [0, 0.05) is 31.6 Å². The van der Waals surface area contributed by atoms with Crippen LogP contribution in [0, 0.1) is 0 Å². The highest BCUT2D eigenvalue weighted by molar-refractivity contribution is 5.83. The van der Waals surface area contributed by atoms with E-state index in [0.29, 0.717) is 18.9 Å². The van der Waals surface area contributed by atoms with E-state index in [1.165, 1.54) is 16.3 Å². The summed E-state index contributed by atoms with van der Waals surface area (Å²) >= 11 is 0. The molecule has 1 aromatic heterocycles. The fourth-order valence-corrected chi connectivity index (χ4v) is 4.25. The number of hydrogen-bond donors (Lipinski definition) is 1. The van der Waals surface area contributed by atoms with Gasteiger partial charge in [-0.3, -0.25) is 9.78 Å². The molecule has 1 heterocycles. The molecule has 1 atom stereocenters. The molecule has 0 aliphatic carbocycles. The maximum Gasteiger partial charge on any atom is 0.252 e. The number of benzene rings is 3. The molecule has 0 fully saturated rings. The molecule has 0 spiro atoms. The monoisotopic (exact) mass is 452 g/mol. The Kier molecular flexibility index (Phi) is 7.55. The number of nitrogens with one attached hydrogen (secondary N) is 1. The third kappa shape index (κ3) is 6.00. The topological polar surface area (TPSA) is 52.2 Å². The van der Waals surface area contributed by atoms with Gasteiger partial charge in [0.05, 0.1) is 5.69 Å². The first-order valence-corrected chi connectivity index (χ1v) is 11.7.